The molecule has 3 heterocycles. The molecule has 0 amide bonds. The SMILES string of the molecule is CO[C@H]1C[C@@H](N)C2(CCN(c3cnc(CCc4ccnc(N)c4Cl)cn3)CC2)C1. The van der Waals surface area contributed by atoms with Gasteiger partial charge in [0.1, 0.15) is 11.6 Å². The van der Waals surface area contributed by atoms with Crippen LogP contribution in [0, 0.1) is 5.41 Å². The average molecular weight is 417 g/mol. The number of pyridine rings is 1. The predicted molar refractivity (Wildman–Crippen MR) is 115 cm³/mol. The number of rotatable bonds is 5. The number of aryl methyl sites for hydroxylation is 2. The monoisotopic (exact) mass is 416 g/mol. The van der Waals surface area contributed by atoms with Gasteiger partial charge in [-0.05, 0) is 55.6 Å². The fourth-order valence-electron chi connectivity index (χ4n) is 4.76. The number of ether oxygens (including phenoxy) is 1. The van der Waals surface area contributed by atoms with Crippen LogP contribution < -0.4 is 16.4 Å². The summed E-state index contributed by atoms with van der Waals surface area (Å²) >= 11 is 6.22. The van der Waals surface area contributed by atoms with Crippen molar-refractivity contribution in [3.63, 3.8) is 0 Å². The Bertz CT molecular complexity index is 838. The van der Waals surface area contributed by atoms with E-state index in [9.17, 15) is 0 Å². The molecule has 2 aliphatic rings. The van der Waals surface area contributed by atoms with E-state index in [-0.39, 0.29) is 11.5 Å². The topological polar surface area (TPSA) is 103 Å². The molecule has 1 aliphatic heterocycles. The van der Waals surface area contributed by atoms with E-state index in [1.165, 1.54) is 0 Å². The van der Waals surface area contributed by atoms with Gasteiger partial charge in [0.2, 0.25) is 0 Å². The third kappa shape index (κ3) is 4.17. The van der Waals surface area contributed by atoms with Crippen LogP contribution in [0.3, 0.4) is 0 Å². The number of anilines is 2. The van der Waals surface area contributed by atoms with Gasteiger partial charge in [-0.25, -0.2) is 9.97 Å². The number of halogens is 1. The molecular formula is C21H29ClN6O. The molecule has 0 radical (unpaired) electrons. The summed E-state index contributed by atoms with van der Waals surface area (Å²) in [7, 11) is 1.79. The van der Waals surface area contributed by atoms with E-state index >= 15 is 0 Å². The number of piperidine rings is 1. The van der Waals surface area contributed by atoms with Crippen molar-refractivity contribution in [2.75, 3.05) is 30.8 Å². The lowest BCUT2D eigenvalue weighted by atomic mass is 9.74. The van der Waals surface area contributed by atoms with Gasteiger partial charge in [0.25, 0.3) is 0 Å². The summed E-state index contributed by atoms with van der Waals surface area (Å²) in [5.41, 5.74) is 14.4. The lowest BCUT2D eigenvalue weighted by Gasteiger charge is -2.42. The summed E-state index contributed by atoms with van der Waals surface area (Å²) in [4.78, 5) is 15.6. The van der Waals surface area contributed by atoms with Gasteiger partial charge < -0.3 is 21.1 Å². The predicted octanol–water partition coefficient (Wildman–Crippen LogP) is 2.62. The number of hydrogen-bond acceptors (Lipinski definition) is 7. The highest BCUT2D eigenvalue weighted by atomic mass is 35.5. The first-order valence-corrected chi connectivity index (χ1v) is 10.6. The highest BCUT2D eigenvalue weighted by molar-refractivity contribution is 6.33. The maximum absolute atomic E-state index is 6.47. The summed E-state index contributed by atoms with van der Waals surface area (Å²) in [5.74, 6) is 1.30. The van der Waals surface area contributed by atoms with Crippen molar-refractivity contribution in [3.8, 4) is 0 Å². The summed E-state index contributed by atoms with van der Waals surface area (Å²) in [6, 6.07) is 2.13. The first-order chi connectivity index (χ1) is 14.0. The van der Waals surface area contributed by atoms with E-state index in [1.54, 1.807) is 13.3 Å². The van der Waals surface area contributed by atoms with E-state index < -0.39 is 0 Å². The quantitative estimate of drug-likeness (QED) is 0.771. The highest BCUT2D eigenvalue weighted by Crippen LogP contribution is 2.46. The van der Waals surface area contributed by atoms with Crippen molar-refractivity contribution in [2.24, 2.45) is 11.1 Å². The minimum Gasteiger partial charge on any atom is -0.382 e. The molecule has 0 bridgehead atoms. The van der Waals surface area contributed by atoms with Crippen molar-refractivity contribution < 1.29 is 4.74 Å². The average Bonchev–Trinajstić information content (AvgIpc) is 3.05. The number of nitrogens with zero attached hydrogens (tertiary/aromatic N) is 4. The first kappa shape index (κ1) is 20.3. The number of hydrogen-bond donors (Lipinski definition) is 2. The minimum atomic E-state index is 0.218. The first-order valence-electron chi connectivity index (χ1n) is 10.2. The molecule has 2 atom stereocenters. The number of methoxy groups -OCH3 is 1. The third-order valence-electron chi connectivity index (χ3n) is 6.69. The van der Waals surface area contributed by atoms with Gasteiger partial charge in [-0.1, -0.05) is 11.6 Å². The van der Waals surface area contributed by atoms with Crippen molar-refractivity contribution in [3.05, 3.63) is 40.9 Å². The van der Waals surface area contributed by atoms with Crippen LogP contribution >= 0.6 is 11.6 Å². The smallest absolute Gasteiger partial charge is 0.147 e. The Morgan fingerprint density at radius 3 is 2.66 bits per heavy atom. The van der Waals surface area contributed by atoms with Gasteiger partial charge in [-0.15, -0.1) is 0 Å². The van der Waals surface area contributed by atoms with Crippen molar-refractivity contribution >= 4 is 23.2 Å². The summed E-state index contributed by atoms with van der Waals surface area (Å²) in [5, 5.41) is 0.528. The zero-order chi connectivity index (χ0) is 20.4. The van der Waals surface area contributed by atoms with Gasteiger partial charge in [-0.3, -0.25) is 4.98 Å². The molecule has 1 saturated carbocycles. The molecule has 8 heteroatoms. The van der Waals surface area contributed by atoms with Gasteiger partial charge in [0.15, 0.2) is 0 Å². The van der Waals surface area contributed by atoms with Crippen LogP contribution in [0.4, 0.5) is 11.6 Å². The van der Waals surface area contributed by atoms with Crippen LogP contribution in [0.1, 0.15) is 36.9 Å². The Kier molecular flexibility index (Phi) is 5.90. The summed E-state index contributed by atoms with van der Waals surface area (Å²) in [6.07, 6.45) is 11.4. The molecule has 0 unspecified atom stereocenters. The van der Waals surface area contributed by atoms with E-state index in [0.717, 1.165) is 68.7 Å². The molecule has 2 aromatic heterocycles. The molecular weight excluding hydrogens is 388 g/mol. The Morgan fingerprint density at radius 2 is 2.00 bits per heavy atom. The van der Waals surface area contributed by atoms with E-state index in [4.69, 9.17) is 27.8 Å². The number of nitrogen functional groups attached to an aromatic ring is 1. The Labute approximate surface area is 176 Å². The fraction of sp³-hybridized carbons (Fsp3) is 0.571. The lowest BCUT2D eigenvalue weighted by Crippen LogP contribution is -2.47. The summed E-state index contributed by atoms with van der Waals surface area (Å²) < 4.78 is 5.57. The largest absolute Gasteiger partial charge is 0.382 e. The molecule has 156 valence electrons. The third-order valence-corrected chi connectivity index (χ3v) is 7.13. The van der Waals surface area contributed by atoms with Crippen LogP contribution in [-0.2, 0) is 17.6 Å². The van der Waals surface area contributed by atoms with Crippen LogP contribution in [-0.4, -0.2) is 47.3 Å². The molecule has 1 saturated heterocycles. The molecule has 2 aromatic rings. The highest BCUT2D eigenvalue weighted by Gasteiger charge is 2.47. The Balaban J connectivity index is 1.34. The van der Waals surface area contributed by atoms with Gasteiger partial charge >= 0.3 is 0 Å². The second kappa shape index (κ2) is 8.42. The number of nitrogens with two attached hydrogens (primary N) is 2. The molecule has 0 aromatic carbocycles. The molecule has 1 aliphatic carbocycles. The molecule has 4 N–H and O–H groups in total. The second-order valence-electron chi connectivity index (χ2n) is 8.29. The fourth-order valence-corrected chi connectivity index (χ4v) is 4.96. The zero-order valence-corrected chi connectivity index (χ0v) is 17.6. The molecule has 29 heavy (non-hydrogen) atoms. The van der Waals surface area contributed by atoms with Gasteiger partial charge in [0.05, 0.1) is 29.2 Å². The van der Waals surface area contributed by atoms with Crippen LogP contribution in [0.25, 0.3) is 0 Å². The second-order valence-corrected chi connectivity index (χ2v) is 8.67. The van der Waals surface area contributed by atoms with E-state index in [0.29, 0.717) is 16.9 Å². The maximum Gasteiger partial charge on any atom is 0.147 e. The van der Waals surface area contributed by atoms with Crippen LogP contribution in [0.15, 0.2) is 24.7 Å². The number of aromatic nitrogens is 3. The van der Waals surface area contributed by atoms with Crippen LogP contribution in [0.2, 0.25) is 5.02 Å². The molecule has 1 spiro atoms. The lowest BCUT2D eigenvalue weighted by molar-refractivity contribution is 0.0891. The Hall–Kier alpha value is -1.96. The van der Waals surface area contributed by atoms with Crippen molar-refractivity contribution in [1.82, 2.24) is 15.0 Å². The zero-order valence-electron chi connectivity index (χ0n) is 16.9. The van der Waals surface area contributed by atoms with Crippen molar-refractivity contribution in [1.29, 1.82) is 0 Å². The Morgan fingerprint density at radius 1 is 1.21 bits per heavy atom. The van der Waals surface area contributed by atoms with E-state index in [1.807, 2.05) is 18.5 Å². The molecule has 7 nitrogen and oxygen atoms in total. The minimum absolute atomic E-state index is 0.218. The van der Waals surface area contributed by atoms with Crippen LogP contribution in [0.5, 0.6) is 0 Å². The normalized spacial score (nSPS) is 23.6. The molecule has 2 fully saturated rings. The van der Waals surface area contributed by atoms with Gasteiger partial charge in [-0.2, -0.15) is 0 Å². The molecule has 4 rings (SSSR count). The van der Waals surface area contributed by atoms with Crippen molar-refractivity contribution in [2.45, 2.75) is 50.7 Å². The van der Waals surface area contributed by atoms with Gasteiger partial charge in [0, 0.05) is 32.4 Å². The summed E-state index contributed by atoms with van der Waals surface area (Å²) in [6.45, 7) is 1.92. The maximum atomic E-state index is 6.47. The van der Waals surface area contributed by atoms with E-state index in [2.05, 4.69) is 19.9 Å². The standard InChI is InChI=1S/C21H29ClN6O/c1-29-16-10-17(23)21(11-16)5-8-28(9-6-21)18-13-26-15(12-27-18)3-2-14-4-7-25-20(24)19(14)22/h4,7,12-13,16-17H,2-3,5-6,8-11,23H2,1H3,(H2,24,25)/t16-,17+/m0/s1.